The van der Waals surface area contributed by atoms with Gasteiger partial charge in [-0.25, -0.2) is 0 Å². The van der Waals surface area contributed by atoms with E-state index in [9.17, 15) is 0 Å². The van der Waals surface area contributed by atoms with Gasteiger partial charge in [0.2, 0.25) is 0 Å². The van der Waals surface area contributed by atoms with Gasteiger partial charge in [-0.05, 0) is 162 Å². The molecule has 364 valence electrons. The first kappa shape index (κ1) is 47.9. The van der Waals surface area contributed by atoms with E-state index in [4.69, 9.17) is 4.74 Å². The molecule has 0 heterocycles. The van der Waals surface area contributed by atoms with Crippen molar-refractivity contribution in [2.75, 3.05) is 4.90 Å². The van der Waals surface area contributed by atoms with Crippen LogP contribution in [-0.4, -0.2) is 0 Å². The lowest BCUT2D eigenvalue weighted by Gasteiger charge is -2.35. The summed E-state index contributed by atoms with van der Waals surface area (Å²) in [6.07, 6.45) is 1.20. The number of hydrogen-bond donors (Lipinski definition) is 0. The Kier molecular flexibility index (Phi) is 12.4. The molecule has 0 saturated carbocycles. The van der Waals surface area contributed by atoms with E-state index in [0.717, 1.165) is 22.8 Å². The summed E-state index contributed by atoms with van der Waals surface area (Å²) < 4.78 is 6.60. The summed E-state index contributed by atoms with van der Waals surface area (Å²) >= 11 is 0. The fourth-order valence-corrected chi connectivity index (χ4v) is 12.3. The van der Waals surface area contributed by atoms with Crippen LogP contribution in [0.3, 0.4) is 0 Å². The predicted octanol–water partition coefficient (Wildman–Crippen LogP) is 19.2. The van der Waals surface area contributed by atoms with Crippen molar-refractivity contribution in [3.63, 3.8) is 0 Å². The van der Waals surface area contributed by atoms with Crippen LogP contribution in [0.1, 0.15) is 125 Å². The molecule has 0 N–H and O–H groups in total. The molecule has 0 bridgehead atoms. The van der Waals surface area contributed by atoms with E-state index in [0.29, 0.717) is 24.4 Å². The van der Waals surface area contributed by atoms with Gasteiger partial charge < -0.3 is 9.64 Å². The van der Waals surface area contributed by atoms with E-state index in [1.54, 1.807) is 0 Å². The number of anilines is 3. The molecule has 0 aromatic heterocycles. The maximum Gasteiger partial charge on any atom is 0.119 e. The molecule has 9 aromatic carbocycles. The number of hydrogen-bond acceptors (Lipinski definition) is 2. The van der Waals surface area contributed by atoms with Crippen molar-refractivity contribution in [3.05, 3.63) is 262 Å². The molecule has 2 nitrogen and oxygen atoms in total. The summed E-state index contributed by atoms with van der Waals surface area (Å²) in [6, 6.07) is 79.7. The second-order valence-electron chi connectivity index (χ2n) is 23.0. The first-order valence-corrected chi connectivity index (χ1v) is 26.6. The molecule has 0 amide bonds. The molecule has 0 spiro atoms. The van der Waals surface area contributed by atoms with E-state index in [2.05, 4.69) is 280 Å². The average Bonchev–Trinajstić information content (AvgIpc) is 3.84. The van der Waals surface area contributed by atoms with Gasteiger partial charge in [-0.1, -0.05) is 226 Å². The Morgan fingerprint density at radius 1 is 0.466 bits per heavy atom. The highest BCUT2D eigenvalue weighted by molar-refractivity contribution is 5.91. The molecule has 0 saturated heterocycles. The molecule has 2 aliphatic rings. The van der Waals surface area contributed by atoms with Gasteiger partial charge in [-0.15, -0.1) is 0 Å². The van der Waals surface area contributed by atoms with E-state index in [1.165, 1.54) is 89.9 Å². The average molecular weight is 952 g/mol. The van der Waals surface area contributed by atoms with Gasteiger partial charge >= 0.3 is 0 Å². The fourth-order valence-electron chi connectivity index (χ4n) is 12.3. The van der Waals surface area contributed by atoms with Crippen molar-refractivity contribution >= 4 is 17.1 Å². The fraction of sp³-hybridized carbons (Fsp3) is 0.239. The zero-order valence-electron chi connectivity index (χ0n) is 44.2. The number of ether oxygens (including phenoxy) is 1. The summed E-state index contributed by atoms with van der Waals surface area (Å²) in [5.74, 6) is 2.67. The van der Waals surface area contributed by atoms with Gasteiger partial charge in [0.05, 0.1) is 5.41 Å². The zero-order valence-corrected chi connectivity index (χ0v) is 44.2. The molecule has 0 radical (unpaired) electrons. The molecule has 9 aromatic rings. The lowest BCUT2D eigenvalue weighted by molar-refractivity contribution is 0.306. The summed E-state index contributed by atoms with van der Waals surface area (Å²) in [4.78, 5) is 2.47. The summed E-state index contributed by atoms with van der Waals surface area (Å²) in [5, 5.41) is 0. The van der Waals surface area contributed by atoms with E-state index >= 15 is 0 Å². The van der Waals surface area contributed by atoms with Crippen LogP contribution in [0.4, 0.5) is 17.1 Å². The van der Waals surface area contributed by atoms with Crippen LogP contribution in [0, 0.1) is 11.8 Å². The Morgan fingerprint density at radius 2 is 0.973 bits per heavy atom. The van der Waals surface area contributed by atoms with Crippen molar-refractivity contribution in [2.45, 2.75) is 97.5 Å². The zero-order chi connectivity index (χ0) is 50.6. The summed E-state index contributed by atoms with van der Waals surface area (Å²) in [5.41, 5.74) is 21.8. The second-order valence-corrected chi connectivity index (χ2v) is 23.0. The Morgan fingerprint density at radius 3 is 1.58 bits per heavy atom. The van der Waals surface area contributed by atoms with E-state index < -0.39 is 5.41 Å². The van der Waals surface area contributed by atoms with Gasteiger partial charge in [0.1, 0.15) is 12.4 Å². The Hall–Kier alpha value is -7.42. The molecule has 0 fully saturated rings. The van der Waals surface area contributed by atoms with Crippen LogP contribution in [0.15, 0.2) is 212 Å². The van der Waals surface area contributed by atoms with Crippen LogP contribution in [0.2, 0.25) is 0 Å². The third-order valence-corrected chi connectivity index (χ3v) is 16.2. The monoisotopic (exact) mass is 952 g/mol. The standard InChI is InChI=1S/C71H69NO/c1-47(2)43-64(48(3)4)52-25-23-49(24-26-52)46-73-59-39-33-55(34-40-59)71(54-31-29-53(30-32-54)69(5,6)7)66-22-16-14-20-61(66)63-42-38-58(45-68(63)71)72(56-35-27-51(28-36-56)50-17-11-10-12-18-50)57-37-41-62-60-19-13-15-21-65(60)70(8,9)67(62)44-57/h10-42,44-45,47-48,64H,43,46H2,1-9H3. The molecule has 73 heavy (non-hydrogen) atoms. The maximum absolute atomic E-state index is 6.60. The van der Waals surface area contributed by atoms with Crippen LogP contribution in [-0.2, 0) is 22.9 Å². The molecule has 11 rings (SSSR count). The topological polar surface area (TPSA) is 12.5 Å². The number of benzene rings is 9. The van der Waals surface area contributed by atoms with Crippen molar-refractivity contribution in [1.82, 2.24) is 0 Å². The van der Waals surface area contributed by atoms with Crippen LogP contribution >= 0.6 is 0 Å². The lowest BCUT2D eigenvalue weighted by Crippen LogP contribution is -2.29. The normalized spacial score (nSPS) is 15.7. The number of nitrogens with zero attached hydrogens (tertiary/aromatic N) is 1. The minimum atomic E-state index is -0.625. The molecular weight excluding hydrogens is 883 g/mol. The largest absolute Gasteiger partial charge is 0.489 e. The molecule has 2 unspecified atom stereocenters. The van der Waals surface area contributed by atoms with E-state index in [1.807, 2.05) is 0 Å². The van der Waals surface area contributed by atoms with E-state index in [-0.39, 0.29) is 10.8 Å². The minimum Gasteiger partial charge on any atom is -0.489 e. The Balaban J connectivity index is 1.04. The molecular formula is C71H69NO. The number of fused-ring (bicyclic) bond motifs is 6. The van der Waals surface area contributed by atoms with Gasteiger partial charge in [0.25, 0.3) is 0 Å². The number of rotatable bonds is 13. The summed E-state index contributed by atoms with van der Waals surface area (Å²) in [6.45, 7) is 21.5. The predicted molar refractivity (Wildman–Crippen MR) is 308 cm³/mol. The highest BCUT2D eigenvalue weighted by Crippen LogP contribution is 2.58. The smallest absolute Gasteiger partial charge is 0.119 e. The van der Waals surface area contributed by atoms with Crippen molar-refractivity contribution in [1.29, 1.82) is 0 Å². The maximum atomic E-state index is 6.60. The molecule has 2 heteroatoms. The first-order chi connectivity index (χ1) is 35.2. The van der Waals surface area contributed by atoms with Crippen molar-refractivity contribution < 1.29 is 4.74 Å². The van der Waals surface area contributed by atoms with Crippen molar-refractivity contribution in [2.24, 2.45) is 11.8 Å². The third-order valence-electron chi connectivity index (χ3n) is 16.2. The molecule has 0 aliphatic heterocycles. The molecule has 2 atom stereocenters. The SMILES string of the molecule is CC(C)CC(c1ccc(COc2ccc(C3(c4ccc(C(C)(C)C)cc4)c4ccccc4-c4ccc(N(c5ccc(-c6ccccc6)cc5)c5ccc6c(c5)C(C)(C)c5ccccc5-6)cc43)cc2)cc1)C(C)C. The van der Waals surface area contributed by atoms with Crippen LogP contribution in [0.25, 0.3) is 33.4 Å². The summed E-state index contributed by atoms with van der Waals surface area (Å²) in [7, 11) is 0. The Labute approximate surface area is 435 Å². The minimum absolute atomic E-state index is 0.0102. The highest BCUT2D eigenvalue weighted by Gasteiger charge is 2.47. The van der Waals surface area contributed by atoms with Gasteiger partial charge in [0, 0.05) is 22.5 Å². The first-order valence-electron chi connectivity index (χ1n) is 26.6. The third kappa shape index (κ3) is 8.59. The quantitative estimate of drug-likeness (QED) is 0.114. The lowest BCUT2D eigenvalue weighted by atomic mass is 9.67. The highest BCUT2D eigenvalue weighted by atomic mass is 16.5. The van der Waals surface area contributed by atoms with Crippen LogP contribution < -0.4 is 9.64 Å². The van der Waals surface area contributed by atoms with Gasteiger partial charge in [-0.3, -0.25) is 0 Å². The Bertz CT molecular complexity index is 3410. The van der Waals surface area contributed by atoms with Gasteiger partial charge in [0.15, 0.2) is 0 Å². The van der Waals surface area contributed by atoms with Crippen LogP contribution in [0.5, 0.6) is 5.75 Å². The van der Waals surface area contributed by atoms with Crippen molar-refractivity contribution in [3.8, 4) is 39.1 Å². The second kappa shape index (κ2) is 18.9. The van der Waals surface area contributed by atoms with Gasteiger partial charge in [-0.2, -0.15) is 0 Å². The molecule has 2 aliphatic carbocycles.